The molecule has 1 saturated heterocycles. The molecule has 1 fully saturated rings. The molecule has 0 aliphatic carbocycles. The second-order valence-corrected chi connectivity index (χ2v) is 4.93. The fourth-order valence-corrected chi connectivity index (χ4v) is 2.21. The Bertz CT molecular complexity index is 473. The first kappa shape index (κ1) is 15.6. The van der Waals surface area contributed by atoms with E-state index in [1.807, 2.05) is 12.1 Å². The Morgan fingerprint density at radius 3 is 2.81 bits per heavy atom. The molecule has 1 aliphatic heterocycles. The van der Waals surface area contributed by atoms with E-state index in [0.29, 0.717) is 31.3 Å². The van der Waals surface area contributed by atoms with Gasteiger partial charge in [-0.1, -0.05) is 6.07 Å². The van der Waals surface area contributed by atoms with Crippen LogP contribution in [-0.4, -0.2) is 38.9 Å². The van der Waals surface area contributed by atoms with Gasteiger partial charge in [0.2, 0.25) is 0 Å². The SMILES string of the molecule is COc1cc(CN)ccc1OCC(=O)NC1CCOCC1. The molecular formula is C15H22N2O4. The standard InChI is InChI=1S/C15H22N2O4/c1-19-14-8-11(9-16)2-3-13(14)21-10-15(18)17-12-4-6-20-7-5-12/h2-3,8,12H,4-7,9-10,16H2,1H3,(H,17,18). The second-order valence-electron chi connectivity index (χ2n) is 4.93. The number of ether oxygens (including phenoxy) is 3. The zero-order valence-corrected chi connectivity index (χ0v) is 12.3. The maximum absolute atomic E-state index is 11.9. The molecule has 116 valence electrons. The van der Waals surface area contributed by atoms with E-state index in [4.69, 9.17) is 19.9 Å². The molecule has 1 aromatic rings. The maximum Gasteiger partial charge on any atom is 0.258 e. The summed E-state index contributed by atoms with van der Waals surface area (Å²) in [7, 11) is 1.56. The van der Waals surface area contributed by atoms with E-state index in [0.717, 1.165) is 18.4 Å². The minimum absolute atomic E-state index is 0.0321. The fraction of sp³-hybridized carbons (Fsp3) is 0.533. The number of hydrogen-bond acceptors (Lipinski definition) is 5. The van der Waals surface area contributed by atoms with Crippen molar-refractivity contribution in [2.45, 2.75) is 25.4 Å². The lowest BCUT2D eigenvalue weighted by molar-refractivity contribution is -0.124. The van der Waals surface area contributed by atoms with Gasteiger partial charge in [-0.15, -0.1) is 0 Å². The summed E-state index contributed by atoms with van der Waals surface area (Å²) < 4.78 is 16.0. The Morgan fingerprint density at radius 2 is 2.14 bits per heavy atom. The molecule has 1 aliphatic rings. The van der Waals surface area contributed by atoms with E-state index in [1.54, 1.807) is 13.2 Å². The summed E-state index contributed by atoms with van der Waals surface area (Å²) in [6.07, 6.45) is 1.69. The number of amides is 1. The van der Waals surface area contributed by atoms with Crippen LogP contribution in [0.5, 0.6) is 11.5 Å². The minimum Gasteiger partial charge on any atom is -0.493 e. The number of hydrogen-bond donors (Lipinski definition) is 2. The molecule has 3 N–H and O–H groups in total. The van der Waals surface area contributed by atoms with Gasteiger partial charge in [-0.05, 0) is 30.5 Å². The Hall–Kier alpha value is -1.79. The number of nitrogens with one attached hydrogen (secondary N) is 1. The number of carbonyl (C=O) groups excluding carboxylic acids is 1. The van der Waals surface area contributed by atoms with Crippen molar-refractivity contribution in [1.82, 2.24) is 5.32 Å². The third kappa shape index (κ3) is 4.61. The van der Waals surface area contributed by atoms with Crippen LogP contribution < -0.4 is 20.5 Å². The van der Waals surface area contributed by atoms with Gasteiger partial charge in [-0.2, -0.15) is 0 Å². The van der Waals surface area contributed by atoms with Gasteiger partial charge in [0, 0.05) is 25.8 Å². The molecule has 1 heterocycles. The molecule has 0 atom stereocenters. The van der Waals surface area contributed by atoms with E-state index in [9.17, 15) is 4.79 Å². The van der Waals surface area contributed by atoms with Gasteiger partial charge in [0.25, 0.3) is 5.91 Å². The van der Waals surface area contributed by atoms with Crippen molar-refractivity contribution in [2.75, 3.05) is 26.9 Å². The van der Waals surface area contributed by atoms with Crippen LogP contribution in [0.1, 0.15) is 18.4 Å². The summed E-state index contributed by atoms with van der Waals surface area (Å²) in [6, 6.07) is 5.61. The highest BCUT2D eigenvalue weighted by Gasteiger charge is 2.16. The predicted molar refractivity (Wildman–Crippen MR) is 78.4 cm³/mol. The van der Waals surface area contributed by atoms with Gasteiger partial charge in [0.15, 0.2) is 18.1 Å². The average molecular weight is 294 g/mol. The first-order valence-corrected chi connectivity index (χ1v) is 7.10. The lowest BCUT2D eigenvalue weighted by Crippen LogP contribution is -2.41. The van der Waals surface area contributed by atoms with Gasteiger partial charge < -0.3 is 25.3 Å². The van der Waals surface area contributed by atoms with E-state index < -0.39 is 0 Å². The molecule has 6 nitrogen and oxygen atoms in total. The average Bonchev–Trinajstić information content (AvgIpc) is 2.53. The van der Waals surface area contributed by atoms with E-state index in [1.165, 1.54) is 0 Å². The van der Waals surface area contributed by atoms with Gasteiger partial charge in [-0.25, -0.2) is 0 Å². The largest absolute Gasteiger partial charge is 0.493 e. The lowest BCUT2D eigenvalue weighted by atomic mass is 10.1. The van der Waals surface area contributed by atoms with Gasteiger partial charge in [0.05, 0.1) is 7.11 Å². The van der Waals surface area contributed by atoms with Crippen molar-refractivity contribution in [3.8, 4) is 11.5 Å². The number of rotatable bonds is 6. The van der Waals surface area contributed by atoms with E-state index >= 15 is 0 Å². The zero-order valence-electron chi connectivity index (χ0n) is 12.3. The lowest BCUT2D eigenvalue weighted by Gasteiger charge is -2.23. The van der Waals surface area contributed by atoms with Gasteiger partial charge >= 0.3 is 0 Å². The topological polar surface area (TPSA) is 82.8 Å². The summed E-state index contributed by atoms with van der Waals surface area (Å²) in [4.78, 5) is 11.9. The first-order chi connectivity index (χ1) is 10.2. The minimum atomic E-state index is -0.133. The highest BCUT2D eigenvalue weighted by Crippen LogP contribution is 2.27. The smallest absolute Gasteiger partial charge is 0.258 e. The molecule has 0 aromatic heterocycles. The van der Waals surface area contributed by atoms with Crippen molar-refractivity contribution in [3.63, 3.8) is 0 Å². The highest BCUT2D eigenvalue weighted by atomic mass is 16.5. The summed E-state index contributed by atoms with van der Waals surface area (Å²) >= 11 is 0. The predicted octanol–water partition coefficient (Wildman–Crippen LogP) is 0.828. The molecule has 21 heavy (non-hydrogen) atoms. The Kier molecular flexibility index (Phi) is 5.83. The van der Waals surface area contributed by atoms with E-state index in [2.05, 4.69) is 5.32 Å². The molecule has 0 unspecified atom stereocenters. The third-order valence-electron chi connectivity index (χ3n) is 3.41. The monoisotopic (exact) mass is 294 g/mol. The van der Waals surface area contributed by atoms with E-state index in [-0.39, 0.29) is 18.6 Å². The summed E-state index contributed by atoms with van der Waals surface area (Å²) in [5.41, 5.74) is 6.53. The molecule has 2 rings (SSSR count). The van der Waals surface area contributed by atoms with Crippen LogP contribution >= 0.6 is 0 Å². The number of nitrogens with two attached hydrogens (primary N) is 1. The van der Waals surface area contributed by atoms with Crippen molar-refractivity contribution in [1.29, 1.82) is 0 Å². The molecule has 0 radical (unpaired) electrons. The fourth-order valence-electron chi connectivity index (χ4n) is 2.21. The van der Waals surface area contributed by atoms with Gasteiger partial charge in [0.1, 0.15) is 0 Å². The first-order valence-electron chi connectivity index (χ1n) is 7.10. The Balaban J connectivity index is 1.85. The molecular weight excluding hydrogens is 272 g/mol. The molecule has 1 aromatic carbocycles. The summed E-state index contributed by atoms with van der Waals surface area (Å²) in [6.45, 7) is 1.79. The quantitative estimate of drug-likeness (QED) is 0.812. The molecule has 0 spiro atoms. The van der Waals surface area contributed by atoms with Crippen LogP contribution in [0.4, 0.5) is 0 Å². The Labute approximate surface area is 124 Å². The maximum atomic E-state index is 11.9. The highest BCUT2D eigenvalue weighted by molar-refractivity contribution is 5.78. The summed E-state index contributed by atoms with van der Waals surface area (Å²) in [5.74, 6) is 0.987. The molecule has 1 amide bonds. The van der Waals surface area contributed by atoms with Crippen molar-refractivity contribution in [3.05, 3.63) is 23.8 Å². The number of methoxy groups -OCH3 is 1. The summed E-state index contributed by atoms with van der Waals surface area (Å²) in [5, 5.41) is 2.94. The molecule has 0 saturated carbocycles. The molecule has 6 heteroatoms. The normalized spacial score (nSPS) is 15.5. The van der Waals surface area contributed by atoms with Crippen LogP contribution in [0.15, 0.2) is 18.2 Å². The van der Waals surface area contributed by atoms with Crippen molar-refractivity contribution in [2.24, 2.45) is 5.73 Å². The molecule has 0 bridgehead atoms. The Morgan fingerprint density at radius 1 is 1.38 bits per heavy atom. The second kappa shape index (κ2) is 7.85. The third-order valence-corrected chi connectivity index (χ3v) is 3.41. The number of benzene rings is 1. The number of carbonyl (C=O) groups is 1. The van der Waals surface area contributed by atoms with Crippen LogP contribution in [0, 0.1) is 0 Å². The van der Waals surface area contributed by atoms with Crippen LogP contribution in [-0.2, 0) is 16.1 Å². The van der Waals surface area contributed by atoms with Crippen molar-refractivity contribution < 1.29 is 19.0 Å². The van der Waals surface area contributed by atoms with Crippen molar-refractivity contribution >= 4 is 5.91 Å². The van der Waals surface area contributed by atoms with Crippen LogP contribution in [0.2, 0.25) is 0 Å². The van der Waals surface area contributed by atoms with Crippen LogP contribution in [0.3, 0.4) is 0 Å². The zero-order chi connectivity index (χ0) is 15.1. The van der Waals surface area contributed by atoms with Gasteiger partial charge in [-0.3, -0.25) is 4.79 Å². The van der Waals surface area contributed by atoms with Crippen LogP contribution in [0.25, 0.3) is 0 Å².